The second-order valence-electron chi connectivity index (χ2n) is 2.86. The predicted molar refractivity (Wildman–Crippen MR) is 58.8 cm³/mol. The molecule has 1 rings (SSSR count). The Labute approximate surface area is 95.7 Å². The third-order valence-electron chi connectivity index (χ3n) is 1.71. The first kappa shape index (κ1) is 11.7. The number of rotatable bonds is 2. The molecule has 0 spiro atoms. The highest BCUT2D eigenvalue weighted by Crippen LogP contribution is 2.22. The molecule has 0 saturated heterocycles. The molecule has 4 nitrogen and oxygen atoms in total. The Bertz CT molecular complexity index is 404. The normalized spacial score (nSPS) is 9.53. The van der Waals surface area contributed by atoms with Gasteiger partial charge in [0.15, 0.2) is 0 Å². The molecule has 0 radical (unpaired) electrons. The van der Waals surface area contributed by atoms with Crippen LogP contribution in [0.4, 0.5) is 0 Å². The van der Waals surface area contributed by atoms with E-state index in [0.717, 1.165) is 0 Å². The summed E-state index contributed by atoms with van der Waals surface area (Å²) in [5.74, 6) is -0.283. The topological polar surface area (TPSA) is 55.4 Å². The summed E-state index contributed by atoms with van der Waals surface area (Å²) in [5.41, 5.74) is 0.365. The van der Waals surface area contributed by atoms with E-state index in [4.69, 9.17) is 4.74 Å². The molecule has 0 heterocycles. The number of halogens is 1. The Kier molecular flexibility index (Phi) is 3.85. The van der Waals surface area contributed by atoms with Crippen LogP contribution in [-0.2, 0) is 4.79 Å². The zero-order valence-corrected chi connectivity index (χ0v) is 9.92. The largest absolute Gasteiger partial charge is 0.497 e. The molecule has 0 aromatic heterocycles. The van der Waals surface area contributed by atoms with Crippen molar-refractivity contribution in [2.24, 2.45) is 0 Å². The van der Waals surface area contributed by atoms with Crippen LogP contribution in [0.25, 0.3) is 0 Å². The molecule has 1 aromatic carbocycles. The van der Waals surface area contributed by atoms with Crippen molar-refractivity contribution in [2.45, 2.75) is 6.92 Å². The summed E-state index contributed by atoms with van der Waals surface area (Å²) in [6.07, 6.45) is 0. The van der Waals surface area contributed by atoms with Gasteiger partial charge in [-0.1, -0.05) is 0 Å². The average molecular weight is 272 g/mol. The van der Waals surface area contributed by atoms with Crippen molar-refractivity contribution in [1.82, 2.24) is 5.32 Å². The number of hydrogen-bond acceptors (Lipinski definition) is 3. The highest BCUT2D eigenvalue weighted by molar-refractivity contribution is 9.10. The van der Waals surface area contributed by atoms with Gasteiger partial charge in [0.25, 0.3) is 5.91 Å². The fourth-order valence-electron chi connectivity index (χ4n) is 1.03. The molecule has 80 valence electrons. The van der Waals surface area contributed by atoms with Crippen LogP contribution in [0.1, 0.15) is 17.3 Å². The van der Waals surface area contributed by atoms with E-state index in [1.54, 1.807) is 18.2 Å². The number of hydrogen-bond donors (Lipinski definition) is 1. The minimum Gasteiger partial charge on any atom is -0.497 e. The minimum absolute atomic E-state index is 0.365. The molecular weight excluding hydrogens is 262 g/mol. The van der Waals surface area contributed by atoms with Crippen LogP contribution < -0.4 is 10.1 Å². The summed E-state index contributed by atoms with van der Waals surface area (Å²) in [6, 6.07) is 4.96. The van der Waals surface area contributed by atoms with Crippen LogP contribution in [0.3, 0.4) is 0 Å². The highest BCUT2D eigenvalue weighted by atomic mass is 79.9. The SMILES string of the molecule is COc1ccc(Br)c(C(=O)NC(C)=O)c1. The Morgan fingerprint density at radius 1 is 1.40 bits per heavy atom. The van der Waals surface area contributed by atoms with E-state index in [1.165, 1.54) is 14.0 Å². The molecule has 0 aliphatic carbocycles. The van der Waals surface area contributed by atoms with E-state index in [2.05, 4.69) is 21.2 Å². The van der Waals surface area contributed by atoms with Crippen LogP contribution in [0.5, 0.6) is 5.75 Å². The smallest absolute Gasteiger partial charge is 0.259 e. The molecule has 1 aromatic rings. The van der Waals surface area contributed by atoms with Gasteiger partial charge in [-0.15, -0.1) is 0 Å². The zero-order valence-electron chi connectivity index (χ0n) is 8.33. The number of carbonyl (C=O) groups excluding carboxylic acids is 2. The van der Waals surface area contributed by atoms with Crippen molar-refractivity contribution >= 4 is 27.7 Å². The third kappa shape index (κ3) is 3.06. The van der Waals surface area contributed by atoms with Crippen molar-refractivity contribution in [1.29, 1.82) is 0 Å². The van der Waals surface area contributed by atoms with Gasteiger partial charge in [-0.3, -0.25) is 14.9 Å². The molecule has 0 aliphatic heterocycles. The second kappa shape index (κ2) is 4.93. The lowest BCUT2D eigenvalue weighted by atomic mass is 10.2. The van der Waals surface area contributed by atoms with Gasteiger partial charge in [0.2, 0.25) is 5.91 Å². The van der Waals surface area contributed by atoms with Crippen molar-refractivity contribution in [2.75, 3.05) is 7.11 Å². The summed E-state index contributed by atoms with van der Waals surface area (Å²) in [5, 5.41) is 2.19. The number of imide groups is 1. The van der Waals surface area contributed by atoms with Gasteiger partial charge >= 0.3 is 0 Å². The molecule has 2 amide bonds. The molecule has 5 heteroatoms. The maximum absolute atomic E-state index is 11.5. The van der Waals surface area contributed by atoms with Gasteiger partial charge in [0, 0.05) is 11.4 Å². The van der Waals surface area contributed by atoms with Crippen molar-refractivity contribution < 1.29 is 14.3 Å². The molecule has 1 N–H and O–H groups in total. The summed E-state index contributed by atoms with van der Waals surface area (Å²) in [7, 11) is 1.51. The highest BCUT2D eigenvalue weighted by Gasteiger charge is 2.12. The zero-order chi connectivity index (χ0) is 11.4. The summed E-state index contributed by atoms with van der Waals surface area (Å²) in [4.78, 5) is 22.2. The number of carbonyl (C=O) groups is 2. The second-order valence-corrected chi connectivity index (χ2v) is 3.71. The quantitative estimate of drug-likeness (QED) is 0.892. The van der Waals surface area contributed by atoms with E-state index in [0.29, 0.717) is 15.8 Å². The standard InChI is InChI=1S/C10H10BrNO3/c1-6(13)12-10(14)8-5-7(15-2)3-4-9(8)11/h3-5H,1-2H3,(H,12,13,14). The van der Waals surface area contributed by atoms with Crippen LogP contribution in [0, 0.1) is 0 Å². The maximum atomic E-state index is 11.5. The lowest BCUT2D eigenvalue weighted by Crippen LogP contribution is -2.28. The van der Waals surface area contributed by atoms with Crippen molar-refractivity contribution in [3.63, 3.8) is 0 Å². The van der Waals surface area contributed by atoms with Gasteiger partial charge in [0.05, 0.1) is 12.7 Å². The Balaban J connectivity index is 3.01. The van der Waals surface area contributed by atoms with Gasteiger partial charge in [-0.25, -0.2) is 0 Å². The molecular formula is C10H10BrNO3. The average Bonchev–Trinajstić information content (AvgIpc) is 2.17. The van der Waals surface area contributed by atoms with E-state index in [-0.39, 0.29) is 0 Å². The summed E-state index contributed by atoms with van der Waals surface area (Å²) in [6.45, 7) is 1.28. The molecule has 0 saturated carbocycles. The monoisotopic (exact) mass is 271 g/mol. The first-order valence-electron chi connectivity index (χ1n) is 4.20. The third-order valence-corrected chi connectivity index (χ3v) is 2.40. The number of benzene rings is 1. The number of amides is 2. The Morgan fingerprint density at radius 2 is 2.07 bits per heavy atom. The first-order valence-corrected chi connectivity index (χ1v) is 4.99. The first-order chi connectivity index (χ1) is 7.04. The fraction of sp³-hybridized carbons (Fsp3) is 0.200. The van der Waals surface area contributed by atoms with Gasteiger partial charge < -0.3 is 4.74 Å². The van der Waals surface area contributed by atoms with Crippen molar-refractivity contribution in [3.05, 3.63) is 28.2 Å². The lowest BCUT2D eigenvalue weighted by Gasteiger charge is -2.06. The van der Waals surface area contributed by atoms with Crippen LogP contribution >= 0.6 is 15.9 Å². The number of ether oxygens (including phenoxy) is 1. The van der Waals surface area contributed by atoms with Gasteiger partial charge in [-0.2, -0.15) is 0 Å². The van der Waals surface area contributed by atoms with Gasteiger partial charge in [-0.05, 0) is 34.1 Å². The number of nitrogens with one attached hydrogen (secondary N) is 1. The fourth-order valence-corrected chi connectivity index (χ4v) is 1.46. The summed E-state index contributed by atoms with van der Waals surface area (Å²) < 4.78 is 5.59. The van der Waals surface area contributed by atoms with Gasteiger partial charge in [0.1, 0.15) is 5.75 Å². The minimum atomic E-state index is -0.451. The van der Waals surface area contributed by atoms with Crippen LogP contribution in [-0.4, -0.2) is 18.9 Å². The molecule has 0 aliphatic rings. The Hall–Kier alpha value is -1.36. The Morgan fingerprint density at radius 3 is 2.60 bits per heavy atom. The van der Waals surface area contributed by atoms with Crippen LogP contribution in [0.2, 0.25) is 0 Å². The molecule has 0 bridgehead atoms. The van der Waals surface area contributed by atoms with E-state index in [1.807, 2.05) is 0 Å². The molecule has 15 heavy (non-hydrogen) atoms. The van der Waals surface area contributed by atoms with Crippen molar-refractivity contribution in [3.8, 4) is 5.75 Å². The number of methoxy groups -OCH3 is 1. The van der Waals surface area contributed by atoms with E-state index >= 15 is 0 Å². The molecule has 0 unspecified atom stereocenters. The molecule has 0 fully saturated rings. The van der Waals surface area contributed by atoms with E-state index < -0.39 is 11.8 Å². The summed E-state index contributed by atoms with van der Waals surface area (Å²) >= 11 is 3.22. The maximum Gasteiger partial charge on any atom is 0.259 e. The van der Waals surface area contributed by atoms with Crippen LogP contribution in [0.15, 0.2) is 22.7 Å². The predicted octanol–water partition coefficient (Wildman–Crippen LogP) is 1.73. The lowest BCUT2D eigenvalue weighted by molar-refractivity contribution is -0.118. The van der Waals surface area contributed by atoms with E-state index in [9.17, 15) is 9.59 Å². The molecule has 0 atom stereocenters.